The molecule has 1 aliphatic carbocycles. The van der Waals surface area contributed by atoms with Crippen LogP contribution in [0.4, 0.5) is 0 Å². The van der Waals surface area contributed by atoms with Gasteiger partial charge in [-0.05, 0) is 22.6 Å². The molecule has 14 heavy (non-hydrogen) atoms. The molecule has 1 aliphatic rings. The first kappa shape index (κ1) is 7.72. The number of nitriles is 1. The van der Waals surface area contributed by atoms with Crippen molar-refractivity contribution in [2.24, 2.45) is 0 Å². The van der Waals surface area contributed by atoms with E-state index in [1.54, 1.807) is 17.5 Å². The number of hydrogen-bond donors (Lipinski definition) is 0. The van der Waals surface area contributed by atoms with Crippen molar-refractivity contribution in [2.45, 2.75) is 6.42 Å². The lowest BCUT2D eigenvalue weighted by atomic mass is 10.1. The third kappa shape index (κ3) is 0.862. The molecule has 0 bridgehead atoms. The van der Waals surface area contributed by atoms with Gasteiger partial charge in [-0.3, -0.25) is 4.98 Å². The van der Waals surface area contributed by atoms with Crippen LogP contribution in [0.5, 0.6) is 0 Å². The molecule has 0 unspecified atom stereocenters. The number of rotatable bonds is 0. The Hall–Kier alpha value is -1.66. The molecule has 3 rings (SSSR count). The van der Waals surface area contributed by atoms with E-state index in [0.29, 0.717) is 5.56 Å². The van der Waals surface area contributed by atoms with E-state index in [1.165, 1.54) is 10.4 Å². The number of hydrogen-bond acceptors (Lipinski definition) is 3. The third-order valence-electron chi connectivity index (χ3n) is 2.55. The van der Waals surface area contributed by atoms with Gasteiger partial charge >= 0.3 is 0 Å². The van der Waals surface area contributed by atoms with Crippen molar-refractivity contribution in [3.63, 3.8) is 0 Å². The fraction of sp³-hybridized carbons (Fsp3) is 0.0909. The summed E-state index contributed by atoms with van der Waals surface area (Å²) in [7, 11) is 0. The largest absolute Gasteiger partial charge is 0.263 e. The standard InChI is InChI=1S/C11H6N2S/c12-4-7-5-13-6-10-8-1-2-14-11(8)3-9(7)10/h1-2,5-6H,3H2. The fourth-order valence-corrected chi connectivity index (χ4v) is 2.79. The van der Waals surface area contributed by atoms with E-state index in [1.807, 2.05) is 6.20 Å². The zero-order chi connectivity index (χ0) is 9.54. The van der Waals surface area contributed by atoms with Gasteiger partial charge in [-0.25, -0.2) is 0 Å². The maximum absolute atomic E-state index is 8.93. The van der Waals surface area contributed by atoms with Crippen molar-refractivity contribution in [3.8, 4) is 17.2 Å². The Labute approximate surface area is 85.5 Å². The van der Waals surface area contributed by atoms with Crippen LogP contribution < -0.4 is 0 Å². The predicted molar refractivity (Wildman–Crippen MR) is 55.1 cm³/mol. The summed E-state index contributed by atoms with van der Waals surface area (Å²) in [6.45, 7) is 0. The van der Waals surface area contributed by atoms with Gasteiger partial charge in [0, 0.05) is 29.3 Å². The van der Waals surface area contributed by atoms with Crippen LogP contribution in [0, 0.1) is 11.3 Å². The van der Waals surface area contributed by atoms with Crippen molar-refractivity contribution >= 4 is 11.3 Å². The highest BCUT2D eigenvalue weighted by molar-refractivity contribution is 7.10. The first-order valence-corrected chi connectivity index (χ1v) is 5.22. The van der Waals surface area contributed by atoms with Crippen molar-refractivity contribution in [1.82, 2.24) is 4.98 Å². The van der Waals surface area contributed by atoms with Gasteiger partial charge in [0.05, 0.1) is 5.56 Å². The van der Waals surface area contributed by atoms with E-state index in [-0.39, 0.29) is 0 Å². The molecule has 0 amide bonds. The van der Waals surface area contributed by atoms with Crippen LogP contribution in [0.3, 0.4) is 0 Å². The average molecular weight is 198 g/mol. The molecule has 0 radical (unpaired) electrons. The van der Waals surface area contributed by atoms with Crippen LogP contribution in [-0.4, -0.2) is 4.98 Å². The summed E-state index contributed by atoms with van der Waals surface area (Å²) in [5.41, 5.74) is 4.25. The Bertz CT molecular complexity index is 549. The number of pyridine rings is 1. The minimum atomic E-state index is 0.714. The van der Waals surface area contributed by atoms with Crippen molar-refractivity contribution < 1.29 is 0 Å². The molecular formula is C11H6N2S. The molecule has 2 heterocycles. The Morgan fingerprint density at radius 1 is 1.36 bits per heavy atom. The van der Waals surface area contributed by atoms with Gasteiger partial charge in [-0.1, -0.05) is 0 Å². The Morgan fingerprint density at radius 2 is 2.29 bits per heavy atom. The molecule has 66 valence electrons. The van der Waals surface area contributed by atoms with Crippen LogP contribution in [0.25, 0.3) is 11.1 Å². The Morgan fingerprint density at radius 3 is 3.14 bits per heavy atom. The normalized spacial score (nSPS) is 11.9. The van der Waals surface area contributed by atoms with Crippen molar-refractivity contribution in [2.75, 3.05) is 0 Å². The third-order valence-corrected chi connectivity index (χ3v) is 3.47. The summed E-state index contributed by atoms with van der Waals surface area (Å²) in [6, 6.07) is 4.30. The van der Waals surface area contributed by atoms with E-state index >= 15 is 0 Å². The molecule has 0 saturated heterocycles. The second kappa shape index (κ2) is 2.66. The highest BCUT2D eigenvalue weighted by Crippen LogP contribution is 2.40. The van der Waals surface area contributed by atoms with Crippen molar-refractivity contribution in [1.29, 1.82) is 5.26 Å². The molecule has 0 aliphatic heterocycles. The predicted octanol–water partition coefficient (Wildman–Crippen LogP) is 2.59. The quantitative estimate of drug-likeness (QED) is 0.556. The van der Waals surface area contributed by atoms with Gasteiger partial charge in [0.2, 0.25) is 0 Å². The average Bonchev–Trinajstić information content (AvgIpc) is 2.76. The highest BCUT2D eigenvalue weighted by Gasteiger charge is 2.22. The first-order chi connectivity index (χ1) is 6.90. The van der Waals surface area contributed by atoms with E-state index in [9.17, 15) is 0 Å². The van der Waals surface area contributed by atoms with Gasteiger partial charge in [0.25, 0.3) is 0 Å². The van der Waals surface area contributed by atoms with Crippen molar-refractivity contribution in [3.05, 3.63) is 39.8 Å². The molecule has 2 aromatic heterocycles. The van der Waals surface area contributed by atoms with E-state index in [2.05, 4.69) is 22.5 Å². The lowest BCUT2D eigenvalue weighted by molar-refractivity contribution is 1.22. The monoisotopic (exact) mass is 198 g/mol. The molecular weight excluding hydrogens is 192 g/mol. The van der Waals surface area contributed by atoms with Crippen LogP contribution >= 0.6 is 11.3 Å². The van der Waals surface area contributed by atoms with Crippen LogP contribution in [0.2, 0.25) is 0 Å². The molecule has 3 heteroatoms. The zero-order valence-corrected chi connectivity index (χ0v) is 8.14. The van der Waals surface area contributed by atoms with Crippen LogP contribution in [0.15, 0.2) is 23.8 Å². The summed E-state index contributed by atoms with van der Waals surface area (Å²) in [5, 5.41) is 11.0. The number of aromatic nitrogens is 1. The summed E-state index contributed by atoms with van der Waals surface area (Å²) >= 11 is 1.75. The van der Waals surface area contributed by atoms with Gasteiger partial charge in [-0.15, -0.1) is 11.3 Å². The molecule has 0 fully saturated rings. The minimum Gasteiger partial charge on any atom is -0.263 e. The number of nitrogens with zero attached hydrogens (tertiary/aromatic N) is 2. The first-order valence-electron chi connectivity index (χ1n) is 4.34. The van der Waals surface area contributed by atoms with E-state index < -0.39 is 0 Å². The fourth-order valence-electron chi connectivity index (χ4n) is 1.88. The molecule has 0 N–H and O–H groups in total. The molecule has 0 atom stereocenters. The second-order valence-corrected chi connectivity index (χ2v) is 4.26. The summed E-state index contributed by atoms with van der Waals surface area (Å²) in [4.78, 5) is 5.44. The second-order valence-electron chi connectivity index (χ2n) is 3.26. The molecule has 2 aromatic rings. The van der Waals surface area contributed by atoms with Crippen LogP contribution in [0.1, 0.15) is 16.0 Å². The topological polar surface area (TPSA) is 36.7 Å². The van der Waals surface area contributed by atoms with Gasteiger partial charge in [-0.2, -0.15) is 5.26 Å². The van der Waals surface area contributed by atoms with Gasteiger partial charge in [0.1, 0.15) is 6.07 Å². The van der Waals surface area contributed by atoms with Crippen LogP contribution in [-0.2, 0) is 6.42 Å². The Balaban J connectivity index is 2.33. The van der Waals surface area contributed by atoms with E-state index in [0.717, 1.165) is 17.5 Å². The maximum atomic E-state index is 8.93. The molecule has 0 spiro atoms. The zero-order valence-electron chi connectivity index (χ0n) is 7.32. The molecule has 0 saturated carbocycles. The summed E-state index contributed by atoms with van der Waals surface area (Å²) < 4.78 is 0. The summed E-state index contributed by atoms with van der Waals surface area (Å²) in [5.74, 6) is 0. The maximum Gasteiger partial charge on any atom is 0.101 e. The lowest BCUT2D eigenvalue weighted by Crippen LogP contribution is -1.88. The van der Waals surface area contributed by atoms with E-state index in [4.69, 9.17) is 5.26 Å². The minimum absolute atomic E-state index is 0.714. The molecule has 0 aromatic carbocycles. The van der Waals surface area contributed by atoms with Gasteiger partial charge < -0.3 is 0 Å². The summed E-state index contributed by atoms with van der Waals surface area (Å²) in [6.07, 6.45) is 4.40. The SMILES string of the molecule is N#Cc1cncc2c1Cc1sccc1-2. The Kier molecular flexibility index (Phi) is 1.47. The smallest absolute Gasteiger partial charge is 0.101 e. The van der Waals surface area contributed by atoms with Gasteiger partial charge in [0.15, 0.2) is 0 Å². The number of thiophene rings is 1. The number of fused-ring (bicyclic) bond motifs is 3. The molecule has 2 nitrogen and oxygen atoms in total. The lowest BCUT2D eigenvalue weighted by Gasteiger charge is -1.99. The highest BCUT2D eigenvalue weighted by atomic mass is 32.1.